The van der Waals surface area contributed by atoms with Gasteiger partial charge in [-0.1, -0.05) is 48.5 Å². The summed E-state index contributed by atoms with van der Waals surface area (Å²) in [4.78, 5) is 36.7. The number of aliphatic carboxylic acids is 1. The van der Waals surface area contributed by atoms with E-state index in [1.807, 2.05) is 31.2 Å². The van der Waals surface area contributed by atoms with E-state index in [-0.39, 0.29) is 37.2 Å². The van der Waals surface area contributed by atoms with Crippen LogP contribution in [-0.4, -0.2) is 66.4 Å². The van der Waals surface area contributed by atoms with E-state index in [4.69, 9.17) is 14.6 Å². The summed E-state index contributed by atoms with van der Waals surface area (Å²) >= 11 is 0. The Morgan fingerprint density at radius 2 is 1.68 bits per heavy atom. The van der Waals surface area contributed by atoms with Crippen molar-refractivity contribution >= 4 is 18.0 Å². The molecule has 34 heavy (non-hydrogen) atoms. The summed E-state index contributed by atoms with van der Waals surface area (Å²) in [6.45, 7) is 2.68. The summed E-state index contributed by atoms with van der Waals surface area (Å²) in [5, 5.41) is 11.5. The number of rotatable bonds is 10. The second kappa shape index (κ2) is 10.7. The average molecular weight is 467 g/mol. The Labute approximate surface area is 198 Å². The van der Waals surface area contributed by atoms with Crippen molar-refractivity contribution in [1.29, 1.82) is 0 Å². The van der Waals surface area contributed by atoms with E-state index in [0.717, 1.165) is 0 Å². The standard InChI is InChI=1S/C26H30N2O6/c1-17(7-6-12-24(29)28-13-18(14-28)33-16-25(30)31)27-26(32)34-15-23-21-10-4-2-8-19(21)20-9-3-5-11-22(20)23/h2-5,8-11,17-18,23H,6-7,12-16H2,1H3,(H,27,32)(H,30,31). The van der Waals surface area contributed by atoms with Crippen molar-refractivity contribution in [2.75, 3.05) is 26.3 Å². The topological polar surface area (TPSA) is 105 Å². The Kier molecular flexibility index (Phi) is 7.47. The fraction of sp³-hybridized carbons (Fsp3) is 0.423. The van der Waals surface area contributed by atoms with Gasteiger partial charge in [-0.05, 0) is 42.0 Å². The lowest BCUT2D eigenvalue weighted by Gasteiger charge is -2.38. The molecule has 8 nitrogen and oxygen atoms in total. The molecule has 2 aromatic carbocycles. The zero-order chi connectivity index (χ0) is 24.1. The van der Waals surface area contributed by atoms with Crippen molar-refractivity contribution in [3.05, 3.63) is 59.7 Å². The highest BCUT2D eigenvalue weighted by molar-refractivity contribution is 5.79. The molecule has 0 spiro atoms. The molecule has 2 N–H and O–H groups in total. The molecule has 0 bridgehead atoms. The number of nitrogens with one attached hydrogen (secondary N) is 1. The van der Waals surface area contributed by atoms with Gasteiger partial charge in [-0.15, -0.1) is 0 Å². The van der Waals surface area contributed by atoms with Crippen LogP contribution >= 0.6 is 0 Å². The monoisotopic (exact) mass is 466 g/mol. The first-order chi connectivity index (χ1) is 16.4. The molecule has 4 rings (SSSR count). The molecule has 2 aromatic rings. The molecule has 0 radical (unpaired) electrons. The van der Waals surface area contributed by atoms with Crippen molar-refractivity contribution in [3.8, 4) is 11.1 Å². The van der Waals surface area contributed by atoms with Gasteiger partial charge in [0.25, 0.3) is 0 Å². The molecule has 8 heteroatoms. The van der Waals surface area contributed by atoms with E-state index in [1.165, 1.54) is 22.3 Å². The van der Waals surface area contributed by atoms with E-state index in [1.54, 1.807) is 4.90 Å². The summed E-state index contributed by atoms with van der Waals surface area (Å²) < 4.78 is 10.7. The second-order valence-corrected chi connectivity index (χ2v) is 8.89. The first-order valence-corrected chi connectivity index (χ1v) is 11.6. The maximum absolute atomic E-state index is 12.4. The van der Waals surface area contributed by atoms with Crippen LogP contribution in [0.4, 0.5) is 4.79 Å². The summed E-state index contributed by atoms with van der Waals surface area (Å²) in [7, 11) is 0. The van der Waals surface area contributed by atoms with Crippen molar-refractivity contribution in [3.63, 3.8) is 0 Å². The van der Waals surface area contributed by atoms with Gasteiger partial charge in [0.15, 0.2) is 0 Å². The highest BCUT2D eigenvalue weighted by Crippen LogP contribution is 2.44. The van der Waals surface area contributed by atoms with Gasteiger partial charge in [-0.2, -0.15) is 0 Å². The van der Waals surface area contributed by atoms with Gasteiger partial charge < -0.3 is 24.8 Å². The first kappa shape index (κ1) is 23.8. The summed E-state index contributed by atoms with van der Waals surface area (Å²) in [5.41, 5.74) is 4.72. The first-order valence-electron chi connectivity index (χ1n) is 11.6. The minimum absolute atomic E-state index is 0.0171. The van der Waals surface area contributed by atoms with Gasteiger partial charge in [-0.25, -0.2) is 9.59 Å². The number of carbonyl (C=O) groups is 3. The summed E-state index contributed by atoms with van der Waals surface area (Å²) in [6.07, 6.45) is 1.02. The lowest BCUT2D eigenvalue weighted by atomic mass is 9.98. The number of fused-ring (bicyclic) bond motifs is 3. The number of likely N-dealkylation sites (tertiary alicyclic amines) is 1. The molecular formula is C26H30N2O6. The van der Waals surface area contributed by atoms with Crippen LogP contribution in [0.15, 0.2) is 48.5 Å². The Morgan fingerprint density at radius 3 is 2.29 bits per heavy atom. The van der Waals surface area contributed by atoms with Crippen LogP contribution in [-0.2, 0) is 19.1 Å². The van der Waals surface area contributed by atoms with Crippen LogP contribution < -0.4 is 5.32 Å². The second-order valence-electron chi connectivity index (χ2n) is 8.89. The van der Waals surface area contributed by atoms with E-state index in [0.29, 0.717) is 32.4 Å². The van der Waals surface area contributed by atoms with Gasteiger partial charge in [0, 0.05) is 31.5 Å². The molecule has 2 amide bonds. The number of alkyl carbamates (subject to hydrolysis) is 1. The number of hydrogen-bond acceptors (Lipinski definition) is 5. The van der Waals surface area contributed by atoms with E-state index >= 15 is 0 Å². The Bertz CT molecular complexity index is 1000. The van der Waals surface area contributed by atoms with Crippen molar-refractivity contribution in [2.45, 2.75) is 44.2 Å². The van der Waals surface area contributed by atoms with Crippen molar-refractivity contribution in [2.24, 2.45) is 0 Å². The minimum atomic E-state index is -1.01. The largest absolute Gasteiger partial charge is 0.480 e. The van der Waals surface area contributed by atoms with Gasteiger partial charge in [0.05, 0.1) is 6.10 Å². The van der Waals surface area contributed by atoms with Crippen LogP contribution in [0.2, 0.25) is 0 Å². The van der Waals surface area contributed by atoms with E-state index < -0.39 is 12.1 Å². The molecule has 1 heterocycles. The predicted molar refractivity (Wildman–Crippen MR) is 125 cm³/mol. The van der Waals surface area contributed by atoms with Gasteiger partial charge >= 0.3 is 12.1 Å². The van der Waals surface area contributed by atoms with Crippen LogP contribution in [0.25, 0.3) is 11.1 Å². The van der Waals surface area contributed by atoms with Crippen LogP contribution in [0, 0.1) is 0 Å². The van der Waals surface area contributed by atoms with E-state index in [2.05, 4.69) is 29.6 Å². The fourth-order valence-corrected chi connectivity index (χ4v) is 4.57. The summed E-state index contributed by atoms with van der Waals surface area (Å²) in [6, 6.07) is 16.3. The van der Waals surface area contributed by atoms with Gasteiger partial charge in [0.1, 0.15) is 13.2 Å². The third kappa shape index (κ3) is 5.56. The Balaban J connectivity index is 1.16. The molecule has 0 saturated carbocycles. The highest BCUT2D eigenvalue weighted by atomic mass is 16.5. The highest BCUT2D eigenvalue weighted by Gasteiger charge is 2.31. The lowest BCUT2D eigenvalue weighted by Crippen LogP contribution is -2.55. The number of carbonyl (C=O) groups excluding carboxylic acids is 2. The number of amides is 2. The zero-order valence-electron chi connectivity index (χ0n) is 19.2. The fourth-order valence-electron chi connectivity index (χ4n) is 4.57. The van der Waals surface area contributed by atoms with E-state index in [9.17, 15) is 14.4 Å². The maximum Gasteiger partial charge on any atom is 0.407 e. The molecule has 1 saturated heterocycles. The molecular weight excluding hydrogens is 436 g/mol. The number of benzene rings is 2. The van der Waals surface area contributed by atoms with Crippen LogP contribution in [0.5, 0.6) is 0 Å². The Morgan fingerprint density at radius 1 is 1.06 bits per heavy atom. The third-order valence-corrected chi connectivity index (χ3v) is 6.38. The number of nitrogens with zero attached hydrogens (tertiary/aromatic N) is 1. The third-order valence-electron chi connectivity index (χ3n) is 6.38. The predicted octanol–water partition coefficient (Wildman–Crippen LogP) is 3.40. The van der Waals surface area contributed by atoms with Crippen LogP contribution in [0.1, 0.15) is 43.2 Å². The molecule has 1 fully saturated rings. The quantitative estimate of drug-likeness (QED) is 0.556. The zero-order valence-corrected chi connectivity index (χ0v) is 19.2. The minimum Gasteiger partial charge on any atom is -0.480 e. The van der Waals surface area contributed by atoms with Crippen molar-refractivity contribution < 1.29 is 29.0 Å². The molecule has 2 aliphatic rings. The molecule has 1 aliphatic heterocycles. The SMILES string of the molecule is CC(CCCC(=O)N1CC(OCC(=O)O)C1)NC(=O)OCC1c2ccccc2-c2ccccc21. The molecule has 180 valence electrons. The van der Waals surface area contributed by atoms with Crippen molar-refractivity contribution in [1.82, 2.24) is 10.2 Å². The average Bonchev–Trinajstić information content (AvgIpc) is 3.10. The number of carboxylic acids is 1. The van der Waals surface area contributed by atoms with Gasteiger partial charge in [-0.3, -0.25) is 4.79 Å². The number of carboxylic acid groups (broad SMARTS) is 1. The molecule has 0 aromatic heterocycles. The lowest BCUT2D eigenvalue weighted by molar-refractivity contribution is -0.154. The molecule has 1 aliphatic carbocycles. The number of hydrogen-bond donors (Lipinski definition) is 2. The summed E-state index contributed by atoms with van der Waals surface area (Å²) in [5.74, 6) is -0.975. The van der Waals surface area contributed by atoms with Crippen LogP contribution in [0.3, 0.4) is 0 Å². The smallest absolute Gasteiger partial charge is 0.407 e. The molecule has 1 unspecified atom stereocenters. The Hall–Kier alpha value is -3.39. The van der Waals surface area contributed by atoms with Gasteiger partial charge in [0.2, 0.25) is 5.91 Å². The number of ether oxygens (including phenoxy) is 2. The maximum atomic E-state index is 12.4. The normalized spacial score (nSPS) is 15.7. The molecule has 1 atom stereocenters.